The minimum Gasteiger partial charge on any atom is -0.481 e. The van der Waals surface area contributed by atoms with Crippen molar-refractivity contribution in [2.45, 2.75) is 70.1 Å². The molecule has 1 aromatic heterocycles. The number of aromatic nitrogens is 2. The van der Waals surface area contributed by atoms with Gasteiger partial charge in [-0.05, 0) is 42.2 Å². The van der Waals surface area contributed by atoms with Crippen molar-refractivity contribution in [1.82, 2.24) is 14.9 Å². The number of aliphatic hydroxyl groups excluding tert-OH is 1. The number of anilines is 2. The van der Waals surface area contributed by atoms with E-state index in [0.29, 0.717) is 24.9 Å². The molecule has 1 amide bonds. The number of carbonyl (C=O) groups is 2. The molecule has 0 radical (unpaired) electrons. The van der Waals surface area contributed by atoms with Gasteiger partial charge < -0.3 is 29.9 Å². The van der Waals surface area contributed by atoms with Gasteiger partial charge in [0.15, 0.2) is 6.29 Å². The summed E-state index contributed by atoms with van der Waals surface area (Å²) in [4.78, 5) is 36.5. The second-order valence-corrected chi connectivity index (χ2v) is 11.7. The zero-order chi connectivity index (χ0) is 31.4. The largest absolute Gasteiger partial charge is 0.481 e. The van der Waals surface area contributed by atoms with Gasteiger partial charge in [0, 0.05) is 75.6 Å². The Bertz CT molecular complexity index is 1350. The second-order valence-electron chi connectivity index (χ2n) is 11.7. The van der Waals surface area contributed by atoms with Gasteiger partial charge in [-0.2, -0.15) is 0 Å². The molecular weight excluding hydrogens is 574 g/mol. The molecule has 2 fully saturated rings. The standard InChI is InChI=1S/C34H43N5O6/c40-24-25-8-10-26(11-9-25)30-22-29(23-38-18-20-39(21-19-38)34-35-16-5-17-36-34)44-33(45-30)27-12-14-28(15-13-27)37-31(41)6-3-1-2-4-7-32(42)43/h5,8-17,29-30,33,40H,1-4,6-7,18-24H2,(H,37,41)(H,42,43)/t29-,30+,33+/m0/s1. The van der Waals surface area contributed by atoms with E-state index in [-0.39, 0.29) is 31.1 Å². The number of hydrogen-bond acceptors (Lipinski definition) is 9. The van der Waals surface area contributed by atoms with Crippen molar-refractivity contribution in [2.24, 2.45) is 0 Å². The van der Waals surface area contributed by atoms with Crippen LogP contribution in [0.15, 0.2) is 67.0 Å². The number of aliphatic carboxylic acids is 1. The topological polar surface area (TPSA) is 137 Å². The minimum absolute atomic E-state index is 0.00412. The molecule has 5 rings (SSSR count). The molecule has 3 heterocycles. The number of amides is 1. The Kier molecular flexibility index (Phi) is 11.9. The molecule has 11 nitrogen and oxygen atoms in total. The Morgan fingerprint density at radius 3 is 2.18 bits per heavy atom. The quantitative estimate of drug-likeness (QED) is 0.218. The second kappa shape index (κ2) is 16.4. The van der Waals surface area contributed by atoms with E-state index < -0.39 is 12.3 Å². The number of carboxylic acids is 1. The van der Waals surface area contributed by atoms with E-state index in [0.717, 1.165) is 74.6 Å². The SMILES string of the molecule is O=C(O)CCCCCCC(=O)Nc1ccc([C@@H]2O[C@H](CN3CCN(c4ncccn4)CC3)C[C@H](c3ccc(CO)cc3)O2)cc1. The van der Waals surface area contributed by atoms with Gasteiger partial charge in [0.1, 0.15) is 0 Å². The number of benzene rings is 2. The summed E-state index contributed by atoms with van der Waals surface area (Å²) in [5.74, 6) is -0.0773. The number of rotatable bonds is 14. The minimum atomic E-state index is -0.781. The summed E-state index contributed by atoms with van der Waals surface area (Å²) in [5.41, 5.74) is 3.48. The summed E-state index contributed by atoms with van der Waals surface area (Å²) < 4.78 is 13.0. The van der Waals surface area contributed by atoms with Gasteiger partial charge in [0.25, 0.3) is 0 Å². The maximum atomic E-state index is 12.4. The Labute approximate surface area is 264 Å². The van der Waals surface area contributed by atoms with Crippen molar-refractivity contribution in [3.63, 3.8) is 0 Å². The molecule has 3 atom stereocenters. The number of hydrogen-bond donors (Lipinski definition) is 3. The third-order valence-electron chi connectivity index (χ3n) is 8.30. The number of piperazine rings is 1. The predicted molar refractivity (Wildman–Crippen MR) is 170 cm³/mol. The third kappa shape index (κ3) is 9.79. The lowest BCUT2D eigenvalue weighted by molar-refractivity contribution is -0.253. The lowest BCUT2D eigenvalue weighted by atomic mass is 9.99. The van der Waals surface area contributed by atoms with Crippen LogP contribution in [0.25, 0.3) is 0 Å². The van der Waals surface area contributed by atoms with E-state index in [1.807, 2.05) is 54.6 Å². The highest BCUT2D eigenvalue weighted by atomic mass is 16.7. The zero-order valence-corrected chi connectivity index (χ0v) is 25.6. The number of carboxylic acid groups (broad SMARTS) is 1. The van der Waals surface area contributed by atoms with Crippen LogP contribution in [0.1, 0.15) is 74.0 Å². The molecule has 2 aliphatic rings. The zero-order valence-electron chi connectivity index (χ0n) is 25.6. The monoisotopic (exact) mass is 617 g/mol. The van der Waals surface area contributed by atoms with Gasteiger partial charge >= 0.3 is 5.97 Å². The van der Waals surface area contributed by atoms with Gasteiger partial charge in [-0.3, -0.25) is 14.5 Å². The van der Waals surface area contributed by atoms with Crippen molar-refractivity contribution in [1.29, 1.82) is 0 Å². The van der Waals surface area contributed by atoms with Gasteiger partial charge in [-0.1, -0.05) is 49.2 Å². The van der Waals surface area contributed by atoms with Crippen LogP contribution in [0.3, 0.4) is 0 Å². The summed E-state index contributed by atoms with van der Waals surface area (Å²) in [6.07, 6.45) is 7.03. The average molecular weight is 618 g/mol. The highest BCUT2D eigenvalue weighted by Crippen LogP contribution is 2.38. The van der Waals surface area contributed by atoms with Crippen LogP contribution in [-0.2, 0) is 25.7 Å². The number of aliphatic hydroxyl groups is 1. The van der Waals surface area contributed by atoms with Crippen molar-refractivity contribution in [2.75, 3.05) is 42.9 Å². The first kappa shape index (κ1) is 32.5. The van der Waals surface area contributed by atoms with Crippen LogP contribution >= 0.6 is 0 Å². The summed E-state index contributed by atoms with van der Waals surface area (Å²) in [6, 6.07) is 17.3. The Morgan fingerprint density at radius 1 is 0.844 bits per heavy atom. The Balaban J connectivity index is 1.18. The molecule has 0 saturated carbocycles. The molecule has 0 spiro atoms. The molecule has 2 aliphatic heterocycles. The van der Waals surface area contributed by atoms with Gasteiger partial charge in [0.05, 0.1) is 18.8 Å². The molecular formula is C34H43N5O6. The van der Waals surface area contributed by atoms with Gasteiger partial charge in [0.2, 0.25) is 11.9 Å². The van der Waals surface area contributed by atoms with Crippen LogP contribution in [-0.4, -0.2) is 75.8 Å². The Morgan fingerprint density at radius 2 is 1.51 bits per heavy atom. The molecule has 45 heavy (non-hydrogen) atoms. The number of nitrogens with one attached hydrogen (secondary N) is 1. The van der Waals surface area contributed by atoms with Crippen LogP contribution < -0.4 is 10.2 Å². The maximum absolute atomic E-state index is 12.4. The molecule has 0 unspecified atom stereocenters. The predicted octanol–water partition coefficient (Wildman–Crippen LogP) is 4.70. The van der Waals surface area contributed by atoms with Crippen LogP contribution in [0, 0.1) is 0 Å². The molecule has 11 heteroatoms. The average Bonchev–Trinajstić information content (AvgIpc) is 3.07. The van der Waals surface area contributed by atoms with E-state index in [2.05, 4.69) is 25.1 Å². The first-order valence-electron chi connectivity index (χ1n) is 15.8. The number of ether oxygens (including phenoxy) is 2. The fraction of sp³-hybridized carbons (Fsp3) is 0.471. The number of unbranched alkanes of at least 4 members (excludes halogenated alkanes) is 3. The first-order chi connectivity index (χ1) is 22.0. The first-order valence-corrected chi connectivity index (χ1v) is 15.8. The van der Waals surface area contributed by atoms with Crippen molar-refractivity contribution < 1.29 is 29.3 Å². The third-order valence-corrected chi connectivity index (χ3v) is 8.30. The van der Waals surface area contributed by atoms with Crippen LogP contribution in [0.5, 0.6) is 0 Å². The summed E-state index contributed by atoms with van der Waals surface area (Å²) in [6.45, 7) is 4.24. The van der Waals surface area contributed by atoms with E-state index >= 15 is 0 Å². The molecule has 3 N–H and O–H groups in total. The van der Waals surface area contributed by atoms with Crippen molar-refractivity contribution >= 4 is 23.5 Å². The number of nitrogens with zero attached hydrogens (tertiary/aromatic N) is 4. The molecule has 2 aromatic carbocycles. The lowest BCUT2D eigenvalue weighted by Crippen LogP contribution is -2.50. The van der Waals surface area contributed by atoms with E-state index in [9.17, 15) is 14.7 Å². The lowest BCUT2D eigenvalue weighted by Gasteiger charge is -2.40. The van der Waals surface area contributed by atoms with Crippen molar-refractivity contribution in [3.8, 4) is 0 Å². The number of carbonyl (C=O) groups excluding carboxylic acids is 1. The summed E-state index contributed by atoms with van der Waals surface area (Å²) in [7, 11) is 0. The van der Waals surface area contributed by atoms with E-state index in [1.165, 1.54) is 0 Å². The fourth-order valence-electron chi connectivity index (χ4n) is 5.77. The van der Waals surface area contributed by atoms with Crippen LogP contribution in [0.4, 0.5) is 11.6 Å². The molecule has 0 aliphatic carbocycles. The highest BCUT2D eigenvalue weighted by molar-refractivity contribution is 5.90. The van der Waals surface area contributed by atoms with Gasteiger partial charge in [-0.25, -0.2) is 9.97 Å². The maximum Gasteiger partial charge on any atom is 0.303 e. The van der Waals surface area contributed by atoms with Gasteiger partial charge in [-0.15, -0.1) is 0 Å². The highest BCUT2D eigenvalue weighted by Gasteiger charge is 2.34. The van der Waals surface area contributed by atoms with Crippen LogP contribution in [0.2, 0.25) is 0 Å². The summed E-state index contributed by atoms with van der Waals surface area (Å²) >= 11 is 0. The normalized spacial score (nSPS) is 20.6. The van der Waals surface area contributed by atoms with Crippen molar-refractivity contribution in [3.05, 3.63) is 83.7 Å². The smallest absolute Gasteiger partial charge is 0.303 e. The summed E-state index contributed by atoms with van der Waals surface area (Å²) in [5, 5.41) is 21.2. The Hall–Kier alpha value is -3.90. The molecule has 2 saturated heterocycles. The molecule has 240 valence electrons. The molecule has 3 aromatic rings. The van der Waals surface area contributed by atoms with E-state index in [4.69, 9.17) is 14.6 Å². The fourth-order valence-corrected chi connectivity index (χ4v) is 5.77. The molecule has 0 bridgehead atoms. The van der Waals surface area contributed by atoms with E-state index in [1.54, 1.807) is 12.4 Å².